The predicted octanol–water partition coefficient (Wildman–Crippen LogP) is 30.3. The molecule has 0 bridgehead atoms. The lowest BCUT2D eigenvalue weighted by molar-refractivity contribution is 0.382. The highest BCUT2D eigenvalue weighted by atomic mass is 35.5. The van der Waals surface area contributed by atoms with Gasteiger partial charge < -0.3 is 9.47 Å². The van der Waals surface area contributed by atoms with Gasteiger partial charge in [-0.05, 0) is 219 Å². The summed E-state index contributed by atoms with van der Waals surface area (Å²) in [6, 6.07) is 84.6. The van der Waals surface area contributed by atoms with Crippen LogP contribution in [-0.4, -0.2) is 14.2 Å². The van der Waals surface area contributed by atoms with Gasteiger partial charge in [0.05, 0.1) is 14.2 Å². The van der Waals surface area contributed by atoms with E-state index < -0.39 is 11.6 Å². The molecule has 0 N–H and O–H groups in total. The number of rotatable bonds is 13. The fourth-order valence-corrected chi connectivity index (χ4v) is 13.4. The molecule has 0 aromatic heterocycles. The molecule has 0 heterocycles. The summed E-state index contributed by atoms with van der Waals surface area (Å²) in [6.45, 7) is 47.5. The summed E-state index contributed by atoms with van der Waals surface area (Å²) in [5.41, 5.74) is 25.9. The first-order valence-electron chi connectivity index (χ1n) is 36.9. The number of ether oxygens (including phenoxy) is 2. The molecule has 0 aliphatic carbocycles. The van der Waals surface area contributed by atoms with Crippen LogP contribution < -0.4 is 9.47 Å². The third-order valence-electron chi connectivity index (χ3n) is 18.0. The van der Waals surface area contributed by atoms with Gasteiger partial charge in [-0.25, -0.2) is 8.78 Å². The maximum absolute atomic E-state index is 12.9. The third-order valence-corrected chi connectivity index (χ3v) is 18.3. The van der Waals surface area contributed by atoms with E-state index in [4.69, 9.17) is 21.1 Å². The van der Waals surface area contributed by atoms with Crippen LogP contribution in [0, 0.1) is 53.2 Å². The van der Waals surface area contributed by atoms with E-state index in [1.807, 2.05) is 42.5 Å². The molecule has 0 radical (unpaired) electrons. The molecule has 0 atom stereocenters. The number of aryl methyl sites for hydroxylation is 6. The Morgan fingerprint density at radius 3 is 0.883 bits per heavy atom. The van der Waals surface area contributed by atoms with E-state index >= 15 is 0 Å². The van der Waals surface area contributed by atoms with Gasteiger partial charge in [-0.2, -0.15) is 0 Å². The molecule has 103 heavy (non-hydrogen) atoms. The molecule has 0 spiro atoms. The van der Waals surface area contributed by atoms with Crippen LogP contribution in [0.15, 0.2) is 249 Å². The lowest BCUT2D eigenvalue weighted by atomic mass is 9.90. The van der Waals surface area contributed by atoms with Crippen LogP contribution in [0.25, 0.3) is 33.4 Å². The van der Waals surface area contributed by atoms with E-state index in [0.717, 1.165) is 22.1 Å². The first kappa shape index (κ1) is 86.6. The summed E-state index contributed by atoms with van der Waals surface area (Å²) in [5, 5.41) is 0.889. The van der Waals surface area contributed by atoms with Crippen molar-refractivity contribution in [2.75, 3.05) is 14.2 Å². The smallest absolute Gasteiger partial charge is 0.129 e. The molecule has 11 aromatic carbocycles. The van der Waals surface area contributed by atoms with Gasteiger partial charge in [-0.3, -0.25) is 0 Å². The Kier molecular flexibility index (Phi) is 37.5. The van der Waals surface area contributed by atoms with Crippen LogP contribution in [0.5, 0.6) is 11.5 Å². The summed E-state index contributed by atoms with van der Waals surface area (Å²) in [6.07, 6.45) is 0. The Morgan fingerprint density at radius 2 is 0.553 bits per heavy atom. The first-order valence-corrected chi connectivity index (χ1v) is 37.3. The maximum atomic E-state index is 12.9. The highest BCUT2D eigenvalue weighted by molar-refractivity contribution is 6.31. The minimum atomic E-state index is -0.458. The molecule has 0 fully saturated rings. The Hall–Kier alpha value is -8.83. The summed E-state index contributed by atoms with van der Waals surface area (Å²) < 4.78 is 36.3. The second-order valence-electron chi connectivity index (χ2n) is 29.0. The van der Waals surface area contributed by atoms with Gasteiger partial charge in [0, 0.05) is 16.1 Å². The van der Waals surface area contributed by atoms with Gasteiger partial charge in [-0.15, -0.1) is 0 Å². The lowest BCUT2D eigenvalue weighted by Crippen LogP contribution is -1.98. The Labute approximate surface area is 628 Å². The largest absolute Gasteiger partial charge is 0.496 e. The molecule has 11 rings (SSSR count). The van der Waals surface area contributed by atoms with Crippen LogP contribution in [0.2, 0.25) is 5.02 Å². The Morgan fingerprint density at radius 1 is 0.243 bits per heavy atom. The van der Waals surface area contributed by atoms with Gasteiger partial charge in [0.15, 0.2) is 0 Å². The monoisotopic (exact) mass is 1400 g/mol. The fourth-order valence-electron chi connectivity index (χ4n) is 13.0. The highest BCUT2D eigenvalue weighted by Crippen LogP contribution is 2.35. The minimum Gasteiger partial charge on any atom is -0.496 e. The third kappa shape index (κ3) is 28.0. The minimum absolute atomic E-state index is 0.101. The predicted molar refractivity (Wildman–Crippen MR) is 447 cm³/mol. The molecule has 0 aliphatic rings. The van der Waals surface area contributed by atoms with Crippen molar-refractivity contribution in [1.82, 2.24) is 0 Å². The average Bonchev–Trinajstić information content (AvgIpc) is 0.825. The van der Waals surface area contributed by atoms with Gasteiger partial charge in [-0.1, -0.05) is 341 Å². The standard InChI is InChI=1S/C17H20.C16H18.C15H16.C11H16O2.C11H16.C10H13Cl.C9H10F2.C9H12/c1-12(2)17-13(3)10-16(11-14(17)4)15-8-6-5-7-9-15;1-12(2)16-10-9-15(11-13(16)3)14-7-5-4-6-8-14;1-12(2)13-8-10-15(11-9-13)14-6-4-3-5-7-14;1-8(2)11-9(12-3)6-5-7-10(11)13-4;1-8(2)11-9(3)6-5-7-10(11)4;1-7(2)10-8(3)5-4-6-9(10)11;1-6(2)9-7(10)4-3-5-8(9)11;1-8(2)9-6-4-3-5-7-9/h5-12H,1-4H3;4-12H,1-3H3;3-12H,1-2H3;5-8H,1-4H3;5-8H,1-4H3;4-7H,1-3H3;3-6H,1-2H3;3-8H,1-2H3. The SMILES string of the molecule is CC(C)c1c(F)cccc1F.CC(C)c1ccc(-c2ccccc2)cc1.CC(C)c1ccccc1.COc1cccc(OC)c1C(C)C.Cc1cc(-c2ccccc2)cc(C)c1C(C)C.Cc1cc(-c2ccccc2)ccc1C(C)C.Cc1cccc(C)c1C(C)C.Cc1cccc(Cl)c1C(C)C. The van der Waals surface area contributed by atoms with E-state index in [-0.39, 0.29) is 11.5 Å². The average molecular weight is 1400 g/mol. The molecule has 0 saturated carbocycles. The summed E-state index contributed by atoms with van der Waals surface area (Å²) in [4.78, 5) is 0. The summed E-state index contributed by atoms with van der Waals surface area (Å²) in [7, 11) is 3.36. The summed E-state index contributed by atoms with van der Waals surface area (Å²) in [5.74, 6) is 4.82. The zero-order valence-electron chi connectivity index (χ0n) is 66.7. The molecule has 0 amide bonds. The first-order chi connectivity index (χ1) is 48.9. The number of hydrogen-bond donors (Lipinski definition) is 0. The van der Waals surface area contributed by atoms with Crippen molar-refractivity contribution in [2.45, 2.75) is 200 Å². The van der Waals surface area contributed by atoms with E-state index in [1.165, 1.54) is 118 Å². The number of halogens is 3. The topological polar surface area (TPSA) is 18.5 Å². The normalized spacial score (nSPS) is 10.6. The molecule has 0 aliphatic heterocycles. The number of benzene rings is 11. The molecular formula is C98H121ClF2O2. The van der Waals surface area contributed by atoms with Crippen molar-refractivity contribution < 1.29 is 18.3 Å². The van der Waals surface area contributed by atoms with Crippen LogP contribution in [0.1, 0.15) is 236 Å². The van der Waals surface area contributed by atoms with Crippen molar-refractivity contribution in [3.8, 4) is 44.9 Å². The van der Waals surface area contributed by atoms with Crippen molar-refractivity contribution in [1.29, 1.82) is 0 Å². The van der Waals surface area contributed by atoms with Crippen molar-refractivity contribution >= 4 is 11.6 Å². The van der Waals surface area contributed by atoms with Gasteiger partial charge in [0.25, 0.3) is 0 Å². The quantitative estimate of drug-likeness (QED) is 0.115. The van der Waals surface area contributed by atoms with Crippen LogP contribution in [0.4, 0.5) is 8.78 Å². The van der Waals surface area contributed by atoms with Gasteiger partial charge in [0.2, 0.25) is 0 Å². The molecule has 0 saturated heterocycles. The second kappa shape index (κ2) is 44.6. The van der Waals surface area contributed by atoms with E-state index in [0.29, 0.717) is 41.4 Å². The van der Waals surface area contributed by atoms with Gasteiger partial charge >= 0.3 is 0 Å². The zero-order valence-corrected chi connectivity index (χ0v) is 67.5. The molecule has 0 unspecified atom stereocenters. The highest BCUT2D eigenvalue weighted by Gasteiger charge is 2.15. The van der Waals surface area contributed by atoms with Crippen molar-refractivity contribution in [3.05, 3.63) is 343 Å². The zero-order chi connectivity index (χ0) is 76.5. The maximum Gasteiger partial charge on any atom is 0.129 e. The summed E-state index contributed by atoms with van der Waals surface area (Å²) >= 11 is 6.02. The van der Waals surface area contributed by atoms with E-state index in [2.05, 4.69) is 327 Å². The van der Waals surface area contributed by atoms with Crippen molar-refractivity contribution in [2.24, 2.45) is 0 Å². The van der Waals surface area contributed by atoms with Crippen LogP contribution in [-0.2, 0) is 0 Å². The van der Waals surface area contributed by atoms with Crippen molar-refractivity contribution in [3.63, 3.8) is 0 Å². The fraction of sp³-hybridized carbons (Fsp3) is 0.327. The number of hydrogen-bond acceptors (Lipinski definition) is 2. The Bertz CT molecular complexity index is 3970. The van der Waals surface area contributed by atoms with Crippen LogP contribution in [0.3, 0.4) is 0 Å². The van der Waals surface area contributed by atoms with Crippen LogP contribution >= 0.6 is 11.6 Å². The molecule has 5 heteroatoms. The lowest BCUT2D eigenvalue weighted by Gasteiger charge is -2.15. The molecule has 546 valence electrons. The second-order valence-corrected chi connectivity index (χ2v) is 29.4. The number of methoxy groups -OCH3 is 2. The molecule has 11 aromatic rings. The Balaban J connectivity index is 0.000000251. The molecular weight excluding hydrogens is 1280 g/mol. The van der Waals surface area contributed by atoms with Gasteiger partial charge in [0.1, 0.15) is 23.1 Å². The molecule has 2 nitrogen and oxygen atoms in total. The van der Waals surface area contributed by atoms with E-state index in [9.17, 15) is 8.78 Å². The van der Waals surface area contributed by atoms with E-state index in [1.54, 1.807) is 28.1 Å².